The Hall–Kier alpha value is -3.75. The van der Waals surface area contributed by atoms with Crippen molar-refractivity contribution in [3.63, 3.8) is 0 Å². The molecule has 0 unspecified atom stereocenters. The lowest BCUT2D eigenvalue weighted by atomic mass is 9.98. The number of carbonyl (C=O) groups excluding carboxylic acids is 2. The maximum atomic E-state index is 13.1. The van der Waals surface area contributed by atoms with Crippen LogP contribution in [-0.2, 0) is 6.18 Å². The molecule has 0 aliphatic rings. The van der Waals surface area contributed by atoms with E-state index in [1.165, 1.54) is 36.5 Å². The molecular formula is C22H17F4N3O2. The molecule has 31 heavy (non-hydrogen) atoms. The second-order valence-electron chi connectivity index (χ2n) is 6.46. The van der Waals surface area contributed by atoms with Crippen LogP contribution in [0.3, 0.4) is 0 Å². The quantitative estimate of drug-likeness (QED) is 0.332. The van der Waals surface area contributed by atoms with E-state index in [-0.39, 0.29) is 35.6 Å². The van der Waals surface area contributed by atoms with Crippen LogP contribution in [-0.4, -0.2) is 29.8 Å². The summed E-state index contributed by atoms with van der Waals surface area (Å²) in [5, 5.41) is 5.11. The third kappa shape index (κ3) is 5.44. The molecule has 0 aliphatic heterocycles. The standard InChI is InChI=1S/C22H17F4N3O2/c23-15-9-7-14(8-10-15)19(30)16-4-1-2-5-17(16)21(31)29-13-12-28-20-18(22(24,25)26)6-3-11-27-20/h1-11H,12-13H2,(H,27,28)(H,29,31). The molecule has 0 radical (unpaired) electrons. The van der Waals surface area contributed by atoms with Gasteiger partial charge in [0.2, 0.25) is 0 Å². The molecular weight excluding hydrogens is 414 g/mol. The number of hydrogen-bond acceptors (Lipinski definition) is 4. The molecule has 0 saturated heterocycles. The molecule has 9 heteroatoms. The van der Waals surface area contributed by atoms with Crippen LogP contribution in [0.5, 0.6) is 0 Å². The van der Waals surface area contributed by atoms with E-state index in [1.807, 2.05) is 0 Å². The van der Waals surface area contributed by atoms with Gasteiger partial charge < -0.3 is 10.6 Å². The topological polar surface area (TPSA) is 71.1 Å². The summed E-state index contributed by atoms with van der Waals surface area (Å²) in [4.78, 5) is 28.9. The molecule has 0 atom stereocenters. The Bertz CT molecular complexity index is 1080. The first-order chi connectivity index (χ1) is 14.8. The fraction of sp³-hybridized carbons (Fsp3) is 0.136. The number of hydrogen-bond donors (Lipinski definition) is 2. The first-order valence-electron chi connectivity index (χ1n) is 9.21. The zero-order valence-electron chi connectivity index (χ0n) is 16.0. The number of benzene rings is 2. The van der Waals surface area contributed by atoms with Gasteiger partial charge in [0.1, 0.15) is 11.6 Å². The minimum absolute atomic E-state index is 0.00816. The second kappa shape index (κ2) is 9.38. The van der Waals surface area contributed by atoms with Gasteiger partial charge in [-0.05, 0) is 42.5 Å². The number of rotatable bonds is 7. The molecule has 0 aliphatic carbocycles. The number of halogens is 4. The molecule has 0 bridgehead atoms. The molecule has 1 amide bonds. The van der Waals surface area contributed by atoms with Gasteiger partial charge in [-0.2, -0.15) is 13.2 Å². The lowest BCUT2D eigenvalue weighted by Gasteiger charge is -2.14. The number of anilines is 1. The van der Waals surface area contributed by atoms with Crippen LogP contribution in [0.2, 0.25) is 0 Å². The maximum Gasteiger partial charge on any atom is 0.419 e. The zero-order valence-corrected chi connectivity index (χ0v) is 16.0. The number of aromatic nitrogens is 1. The molecule has 2 aromatic carbocycles. The van der Waals surface area contributed by atoms with Crippen molar-refractivity contribution in [3.8, 4) is 0 Å². The number of carbonyl (C=O) groups is 2. The molecule has 0 saturated carbocycles. The van der Waals surface area contributed by atoms with Gasteiger partial charge in [0.25, 0.3) is 5.91 Å². The summed E-state index contributed by atoms with van der Waals surface area (Å²) in [6.45, 7) is -0.0221. The average Bonchev–Trinajstić information content (AvgIpc) is 2.76. The molecule has 3 aromatic rings. The highest BCUT2D eigenvalue weighted by Gasteiger charge is 2.33. The Balaban J connectivity index is 1.65. The van der Waals surface area contributed by atoms with Crippen molar-refractivity contribution in [1.29, 1.82) is 0 Å². The third-order valence-electron chi connectivity index (χ3n) is 4.34. The van der Waals surface area contributed by atoms with Gasteiger partial charge in [-0.25, -0.2) is 9.37 Å². The fourth-order valence-corrected chi connectivity index (χ4v) is 2.86. The van der Waals surface area contributed by atoms with Crippen molar-refractivity contribution in [2.45, 2.75) is 6.18 Å². The maximum absolute atomic E-state index is 13.1. The third-order valence-corrected chi connectivity index (χ3v) is 4.34. The summed E-state index contributed by atoms with van der Waals surface area (Å²) >= 11 is 0. The molecule has 0 spiro atoms. The van der Waals surface area contributed by atoms with E-state index >= 15 is 0 Å². The monoisotopic (exact) mass is 431 g/mol. The van der Waals surface area contributed by atoms with Crippen molar-refractivity contribution in [1.82, 2.24) is 10.3 Å². The van der Waals surface area contributed by atoms with Crippen molar-refractivity contribution in [3.05, 3.63) is 94.9 Å². The van der Waals surface area contributed by atoms with E-state index in [9.17, 15) is 27.2 Å². The molecule has 1 heterocycles. The van der Waals surface area contributed by atoms with Crippen molar-refractivity contribution in [2.24, 2.45) is 0 Å². The minimum Gasteiger partial charge on any atom is -0.368 e. The molecule has 3 rings (SSSR count). The lowest BCUT2D eigenvalue weighted by Crippen LogP contribution is -2.30. The van der Waals surface area contributed by atoms with Gasteiger partial charge in [0, 0.05) is 30.4 Å². The van der Waals surface area contributed by atoms with Crippen LogP contribution in [0.15, 0.2) is 66.9 Å². The Morgan fingerprint density at radius 1 is 0.871 bits per heavy atom. The summed E-state index contributed by atoms with van der Waals surface area (Å²) in [7, 11) is 0. The van der Waals surface area contributed by atoms with Crippen LogP contribution in [0.4, 0.5) is 23.4 Å². The number of nitrogens with zero attached hydrogens (tertiary/aromatic N) is 1. The van der Waals surface area contributed by atoms with E-state index in [2.05, 4.69) is 15.6 Å². The van der Waals surface area contributed by atoms with Gasteiger partial charge in [0.15, 0.2) is 5.78 Å². The predicted octanol–water partition coefficient (Wildman–Crippen LogP) is 4.31. The number of alkyl halides is 3. The highest BCUT2D eigenvalue weighted by molar-refractivity contribution is 6.15. The summed E-state index contributed by atoms with van der Waals surface area (Å²) < 4.78 is 52.1. The smallest absolute Gasteiger partial charge is 0.368 e. The fourth-order valence-electron chi connectivity index (χ4n) is 2.86. The van der Waals surface area contributed by atoms with Crippen molar-refractivity contribution in [2.75, 3.05) is 18.4 Å². The largest absolute Gasteiger partial charge is 0.419 e. The average molecular weight is 431 g/mol. The Labute approximate surface area is 175 Å². The van der Waals surface area contributed by atoms with E-state index in [1.54, 1.807) is 12.1 Å². The molecule has 1 aromatic heterocycles. The van der Waals surface area contributed by atoms with Gasteiger partial charge >= 0.3 is 6.18 Å². The summed E-state index contributed by atoms with van der Waals surface area (Å²) in [6.07, 6.45) is -3.33. The van der Waals surface area contributed by atoms with Crippen LogP contribution in [0, 0.1) is 5.82 Å². The first-order valence-corrected chi connectivity index (χ1v) is 9.21. The molecule has 0 fully saturated rings. The van der Waals surface area contributed by atoms with Crippen molar-refractivity contribution >= 4 is 17.5 Å². The lowest BCUT2D eigenvalue weighted by molar-refractivity contribution is -0.137. The minimum atomic E-state index is -4.56. The van der Waals surface area contributed by atoms with Crippen molar-refractivity contribution < 1.29 is 27.2 Å². The van der Waals surface area contributed by atoms with Gasteiger partial charge in [-0.1, -0.05) is 18.2 Å². The Morgan fingerprint density at radius 2 is 1.55 bits per heavy atom. The van der Waals surface area contributed by atoms with E-state index < -0.39 is 29.2 Å². The number of ketones is 1. The zero-order chi connectivity index (χ0) is 22.4. The Kier molecular flexibility index (Phi) is 6.64. The van der Waals surface area contributed by atoms with E-state index in [4.69, 9.17) is 0 Å². The SMILES string of the molecule is O=C(NCCNc1ncccc1C(F)(F)F)c1ccccc1C(=O)c1ccc(F)cc1. The highest BCUT2D eigenvalue weighted by Crippen LogP contribution is 2.33. The normalized spacial score (nSPS) is 11.1. The van der Waals surface area contributed by atoms with Crippen LogP contribution >= 0.6 is 0 Å². The predicted molar refractivity (Wildman–Crippen MR) is 106 cm³/mol. The second-order valence-corrected chi connectivity index (χ2v) is 6.46. The van der Waals surface area contributed by atoms with Gasteiger partial charge in [-0.3, -0.25) is 9.59 Å². The summed E-state index contributed by atoms with van der Waals surface area (Å²) in [5.41, 5.74) is -0.455. The molecule has 2 N–H and O–H groups in total. The highest BCUT2D eigenvalue weighted by atomic mass is 19.4. The van der Waals surface area contributed by atoms with Crippen LogP contribution in [0.1, 0.15) is 31.8 Å². The van der Waals surface area contributed by atoms with E-state index in [0.29, 0.717) is 0 Å². The summed E-state index contributed by atoms with van der Waals surface area (Å²) in [6, 6.07) is 13.1. The Morgan fingerprint density at radius 3 is 2.23 bits per heavy atom. The molecule has 5 nitrogen and oxygen atoms in total. The number of nitrogens with one attached hydrogen (secondary N) is 2. The number of amides is 1. The van der Waals surface area contributed by atoms with Gasteiger partial charge in [-0.15, -0.1) is 0 Å². The van der Waals surface area contributed by atoms with E-state index in [0.717, 1.165) is 18.2 Å². The molecule has 160 valence electrons. The van der Waals surface area contributed by atoms with Crippen LogP contribution < -0.4 is 10.6 Å². The number of pyridine rings is 1. The van der Waals surface area contributed by atoms with Gasteiger partial charge in [0.05, 0.1) is 11.1 Å². The van der Waals surface area contributed by atoms with Crippen LogP contribution in [0.25, 0.3) is 0 Å². The first kappa shape index (κ1) is 21.9. The summed E-state index contributed by atoms with van der Waals surface area (Å²) in [5.74, 6) is -1.84.